The Balaban J connectivity index is 1.49. The number of hydrogen-bond acceptors (Lipinski definition) is 3. The number of carbonyl (C=O) groups is 1. The summed E-state index contributed by atoms with van der Waals surface area (Å²) in [6.45, 7) is -0.0972. The van der Waals surface area contributed by atoms with Gasteiger partial charge in [-0.25, -0.2) is 0 Å². The molecule has 0 atom stereocenters. The molecule has 0 saturated carbocycles. The molecule has 0 saturated heterocycles. The highest BCUT2D eigenvalue weighted by molar-refractivity contribution is 5.82. The molecule has 4 rings (SSSR count). The van der Waals surface area contributed by atoms with Crippen molar-refractivity contribution in [3.63, 3.8) is 0 Å². The Morgan fingerprint density at radius 3 is 1.77 bits per heavy atom. The molecule has 4 aromatic rings. The SMILES string of the molecule is O=C(COc1ccccc1-c1ccccc1)NN(c1ccccc1)c1ccccc1. The lowest BCUT2D eigenvalue weighted by atomic mass is 10.1. The van der Waals surface area contributed by atoms with Gasteiger partial charge in [-0.3, -0.25) is 15.2 Å². The average molecular weight is 394 g/mol. The number of para-hydroxylation sites is 3. The van der Waals surface area contributed by atoms with Gasteiger partial charge in [0.25, 0.3) is 5.91 Å². The minimum atomic E-state index is -0.245. The van der Waals surface area contributed by atoms with Gasteiger partial charge in [0.05, 0.1) is 11.4 Å². The number of anilines is 2. The van der Waals surface area contributed by atoms with E-state index in [1.165, 1.54) is 0 Å². The van der Waals surface area contributed by atoms with Crippen LogP contribution in [-0.4, -0.2) is 12.5 Å². The number of rotatable bonds is 7. The zero-order chi connectivity index (χ0) is 20.6. The van der Waals surface area contributed by atoms with Crippen LogP contribution in [0.1, 0.15) is 0 Å². The molecule has 0 bridgehead atoms. The zero-order valence-electron chi connectivity index (χ0n) is 16.4. The second kappa shape index (κ2) is 9.43. The minimum Gasteiger partial charge on any atom is -0.483 e. The molecule has 1 N–H and O–H groups in total. The minimum absolute atomic E-state index is 0.0972. The summed E-state index contributed by atoms with van der Waals surface area (Å²) >= 11 is 0. The molecule has 0 heterocycles. The number of benzene rings is 4. The van der Waals surface area contributed by atoms with Gasteiger partial charge in [-0.15, -0.1) is 0 Å². The predicted octanol–water partition coefficient (Wildman–Crippen LogP) is 5.60. The van der Waals surface area contributed by atoms with Crippen molar-refractivity contribution in [1.29, 1.82) is 0 Å². The normalized spacial score (nSPS) is 10.3. The third kappa shape index (κ3) is 4.67. The maximum Gasteiger partial charge on any atom is 0.276 e. The number of carbonyl (C=O) groups excluding carboxylic acids is 1. The van der Waals surface area contributed by atoms with Crippen LogP contribution in [0.3, 0.4) is 0 Å². The van der Waals surface area contributed by atoms with Crippen molar-refractivity contribution >= 4 is 17.3 Å². The quantitative estimate of drug-likeness (QED) is 0.415. The van der Waals surface area contributed by atoms with Crippen LogP contribution in [0, 0.1) is 0 Å². The monoisotopic (exact) mass is 394 g/mol. The molecule has 0 radical (unpaired) electrons. The first-order chi connectivity index (χ1) is 14.8. The van der Waals surface area contributed by atoms with Crippen LogP contribution in [0.4, 0.5) is 11.4 Å². The fourth-order valence-corrected chi connectivity index (χ4v) is 3.18. The predicted molar refractivity (Wildman–Crippen MR) is 121 cm³/mol. The molecule has 0 aromatic heterocycles. The van der Waals surface area contributed by atoms with Gasteiger partial charge in [0.1, 0.15) is 5.75 Å². The highest BCUT2D eigenvalue weighted by Crippen LogP contribution is 2.29. The Bertz CT molecular complexity index is 1040. The Morgan fingerprint density at radius 1 is 0.667 bits per heavy atom. The van der Waals surface area contributed by atoms with Crippen molar-refractivity contribution in [2.24, 2.45) is 0 Å². The van der Waals surface area contributed by atoms with Crippen molar-refractivity contribution in [2.45, 2.75) is 0 Å². The van der Waals surface area contributed by atoms with Gasteiger partial charge in [-0.2, -0.15) is 0 Å². The highest BCUT2D eigenvalue weighted by atomic mass is 16.5. The third-order valence-corrected chi connectivity index (χ3v) is 4.60. The van der Waals surface area contributed by atoms with E-state index in [1.54, 1.807) is 5.01 Å². The van der Waals surface area contributed by atoms with Gasteiger partial charge < -0.3 is 4.74 Å². The molecule has 4 aromatic carbocycles. The zero-order valence-corrected chi connectivity index (χ0v) is 16.4. The van der Waals surface area contributed by atoms with Crippen LogP contribution in [-0.2, 0) is 4.79 Å². The smallest absolute Gasteiger partial charge is 0.276 e. The van der Waals surface area contributed by atoms with E-state index < -0.39 is 0 Å². The molecule has 4 nitrogen and oxygen atoms in total. The molecule has 1 amide bonds. The maximum absolute atomic E-state index is 12.7. The lowest BCUT2D eigenvalue weighted by Crippen LogP contribution is -2.41. The van der Waals surface area contributed by atoms with E-state index in [4.69, 9.17) is 4.74 Å². The molecule has 0 aliphatic carbocycles. The summed E-state index contributed by atoms with van der Waals surface area (Å²) in [6, 6.07) is 37.1. The largest absolute Gasteiger partial charge is 0.483 e. The van der Waals surface area contributed by atoms with Gasteiger partial charge in [-0.05, 0) is 35.9 Å². The molecule has 0 fully saturated rings. The van der Waals surface area contributed by atoms with Crippen LogP contribution in [0.5, 0.6) is 5.75 Å². The van der Waals surface area contributed by atoms with Gasteiger partial charge in [0, 0.05) is 5.56 Å². The first kappa shape index (κ1) is 19.3. The van der Waals surface area contributed by atoms with Gasteiger partial charge in [-0.1, -0.05) is 84.9 Å². The number of nitrogens with zero attached hydrogens (tertiary/aromatic N) is 1. The molecule has 0 aliphatic heterocycles. The van der Waals surface area contributed by atoms with E-state index >= 15 is 0 Å². The first-order valence-electron chi connectivity index (χ1n) is 9.78. The first-order valence-corrected chi connectivity index (χ1v) is 9.78. The standard InChI is InChI=1S/C26H22N2O2/c29-26(20-30-25-19-11-10-18-24(25)21-12-4-1-5-13-21)27-28(22-14-6-2-7-15-22)23-16-8-3-9-17-23/h1-19H,20H2,(H,27,29). The molecule has 148 valence electrons. The van der Waals surface area contributed by atoms with Gasteiger partial charge >= 0.3 is 0 Å². The van der Waals surface area contributed by atoms with Crippen molar-refractivity contribution in [3.8, 4) is 16.9 Å². The van der Waals surface area contributed by atoms with E-state index in [1.807, 2.05) is 115 Å². The molecular formula is C26H22N2O2. The second-order valence-electron chi connectivity index (χ2n) is 6.69. The fraction of sp³-hybridized carbons (Fsp3) is 0.0385. The summed E-state index contributed by atoms with van der Waals surface area (Å²) in [4.78, 5) is 12.7. The lowest BCUT2D eigenvalue weighted by Gasteiger charge is -2.25. The summed E-state index contributed by atoms with van der Waals surface area (Å²) in [5, 5.41) is 1.76. The molecule has 0 spiro atoms. The fourth-order valence-electron chi connectivity index (χ4n) is 3.18. The molecule has 4 heteroatoms. The number of hydrazine groups is 1. The van der Waals surface area contributed by atoms with Crippen molar-refractivity contribution < 1.29 is 9.53 Å². The molecular weight excluding hydrogens is 372 g/mol. The van der Waals surface area contributed by atoms with Crippen LogP contribution in [0.2, 0.25) is 0 Å². The third-order valence-electron chi connectivity index (χ3n) is 4.60. The maximum atomic E-state index is 12.7. The molecule has 0 aliphatic rings. The average Bonchev–Trinajstić information content (AvgIpc) is 2.83. The van der Waals surface area contributed by atoms with Crippen LogP contribution >= 0.6 is 0 Å². The van der Waals surface area contributed by atoms with E-state index in [2.05, 4.69) is 5.43 Å². The van der Waals surface area contributed by atoms with E-state index in [0.717, 1.165) is 22.5 Å². The number of amides is 1. The number of hydrogen-bond donors (Lipinski definition) is 1. The van der Waals surface area contributed by atoms with Crippen molar-refractivity contribution in [3.05, 3.63) is 115 Å². The lowest BCUT2D eigenvalue weighted by molar-refractivity contribution is -0.123. The van der Waals surface area contributed by atoms with E-state index in [9.17, 15) is 4.79 Å². The summed E-state index contributed by atoms with van der Waals surface area (Å²) < 4.78 is 5.89. The van der Waals surface area contributed by atoms with Crippen molar-refractivity contribution in [1.82, 2.24) is 5.43 Å². The van der Waals surface area contributed by atoms with Crippen LogP contribution < -0.4 is 15.2 Å². The Kier molecular flexibility index (Phi) is 6.06. The van der Waals surface area contributed by atoms with E-state index in [-0.39, 0.29) is 12.5 Å². The van der Waals surface area contributed by atoms with Gasteiger partial charge in [0.2, 0.25) is 0 Å². The molecule has 0 unspecified atom stereocenters. The summed E-state index contributed by atoms with van der Waals surface area (Å²) in [5.74, 6) is 0.426. The number of nitrogens with one attached hydrogen (secondary N) is 1. The second-order valence-corrected chi connectivity index (χ2v) is 6.69. The van der Waals surface area contributed by atoms with Gasteiger partial charge in [0.15, 0.2) is 6.61 Å². The van der Waals surface area contributed by atoms with E-state index in [0.29, 0.717) is 5.75 Å². The Morgan fingerprint density at radius 2 is 1.17 bits per heavy atom. The topological polar surface area (TPSA) is 41.6 Å². The molecule has 30 heavy (non-hydrogen) atoms. The summed E-state index contributed by atoms with van der Waals surface area (Å²) in [6.07, 6.45) is 0. The Labute approximate surface area is 176 Å². The summed E-state index contributed by atoms with van der Waals surface area (Å²) in [5.41, 5.74) is 6.67. The van der Waals surface area contributed by atoms with Crippen LogP contribution in [0.25, 0.3) is 11.1 Å². The van der Waals surface area contributed by atoms with Crippen molar-refractivity contribution in [2.75, 3.05) is 11.6 Å². The van der Waals surface area contributed by atoms with Crippen LogP contribution in [0.15, 0.2) is 115 Å². The number of ether oxygens (including phenoxy) is 1. The highest BCUT2D eigenvalue weighted by Gasteiger charge is 2.14. The Hall–Kier alpha value is -4.05. The summed E-state index contributed by atoms with van der Waals surface area (Å²) in [7, 11) is 0.